The molecule has 1 N–H and O–H groups in total. The van der Waals surface area contributed by atoms with Gasteiger partial charge in [0.2, 0.25) is 0 Å². The number of hydrogen-bond acceptors (Lipinski definition) is 3. The van der Waals surface area contributed by atoms with Crippen molar-refractivity contribution in [3.63, 3.8) is 0 Å². The summed E-state index contributed by atoms with van der Waals surface area (Å²) in [5.74, 6) is 0.0556. The Balaban J connectivity index is 3.53. The Labute approximate surface area is 79.1 Å². The van der Waals surface area contributed by atoms with Crippen LogP contribution in [-0.2, 0) is 9.59 Å². The van der Waals surface area contributed by atoms with Gasteiger partial charge in [0.25, 0.3) is 0 Å². The molecule has 0 amide bonds. The van der Waals surface area contributed by atoms with Crippen molar-refractivity contribution in [2.45, 2.75) is 52.1 Å². The SMILES string of the molecule is CCC(=O)CCCC(O)C(=O)CC. The van der Waals surface area contributed by atoms with Gasteiger partial charge in [0.15, 0.2) is 5.78 Å². The highest BCUT2D eigenvalue weighted by atomic mass is 16.3. The highest BCUT2D eigenvalue weighted by Crippen LogP contribution is 2.05. The van der Waals surface area contributed by atoms with E-state index in [1.165, 1.54) is 0 Å². The van der Waals surface area contributed by atoms with E-state index < -0.39 is 6.10 Å². The van der Waals surface area contributed by atoms with Crippen molar-refractivity contribution >= 4 is 11.6 Å². The molecule has 13 heavy (non-hydrogen) atoms. The van der Waals surface area contributed by atoms with Crippen LogP contribution < -0.4 is 0 Å². The molecule has 3 heteroatoms. The van der Waals surface area contributed by atoms with Gasteiger partial charge >= 0.3 is 0 Å². The number of carbonyl (C=O) groups is 2. The molecule has 0 bridgehead atoms. The molecule has 0 spiro atoms. The first kappa shape index (κ1) is 12.3. The number of rotatable bonds is 7. The molecule has 0 saturated carbocycles. The van der Waals surface area contributed by atoms with Gasteiger partial charge in [0.1, 0.15) is 11.9 Å². The van der Waals surface area contributed by atoms with Crippen LogP contribution in [0.5, 0.6) is 0 Å². The minimum Gasteiger partial charge on any atom is -0.385 e. The summed E-state index contributed by atoms with van der Waals surface area (Å²) in [4.78, 5) is 21.8. The van der Waals surface area contributed by atoms with Crippen molar-refractivity contribution in [3.05, 3.63) is 0 Å². The number of hydrogen-bond donors (Lipinski definition) is 1. The number of ketones is 2. The minimum absolute atomic E-state index is 0.135. The maximum atomic E-state index is 10.9. The molecule has 0 aliphatic carbocycles. The molecule has 0 heterocycles. The summed E-state index contributed by atoms with van der Waals surface area (Å²) in [5.41, 5.74) is 0. The summed E-state index contributed by atoms with van der Waals surface area (Å²) in [6, 6.07) is 0. The highest BCUT2D eigenvalue weighted by molar-refractivity contribution is 5.82. The highest BCUT2D eigenvalue weighted by Gasteiger charge is 2.12. The van der Waals surface area contributed by atoms with Gasteiger partial charge in [-0.15, -0.1) is 0 Å². The lowest BCUT2D eigenvalue weighted by Gasteiger charge is -2.06. The molecule has 0 saturated heterocycles. The fourth-order valence-electron chi connectivity index (χ4n) is 1.07. The maximum Gasteiger partial charge on any atom is 0.160 e. The lowest BCUT2D eigenvalue weighted by Crippen LogP contribution is -2.19. The van der Waals surface area contributed by atoms with Crippen molar-refractivity contribution in [2.75, 3.05) is 0 Å². The van der Waals surface area contributed by atoms with Crippen LogP contribution in [0.2, 0.25) is 0 Å². The second-order valence-corrected chi connectivity index (χ2v) is 3.12. The minimum atomic E-state index is -0.866. The lowest BCUT2D eigenvalue weighted by molar-refractivity contribution is -0.127. The zero-order chi connectivity index (χ0) is 10.3. The lowest BCUT2D eigenvalue weighted by atomic mass is 10.0. The number of aliphatic hydroxyl groups is 1. The van der Waals surface area contributed by atoms with E-state index in [4.69, 9.17) is 0 Å². The predicted molar refractivity (Wildman–Crippen MR) is 50.5 cm³/mol. The Kier molecular flexibility index (Phi) is 6.41. The number of aliphatic hydroxyl groups excluding tert-OH is 1. The smallest absolute Gasteiger partial charge is 0.160 e. The zero-order valence-electron chi connectivity index (χ0n) is 8.38. The van der Waals surface area contributed by atoms with Gasteiger partial charge < -0.3 is 5.11 Å². The average molecular weight is 186 g/mol. The van der Waals surface area contributed by atoms with Gasteiger partial charge in [-0.25, -0.2) is 0 Å². The largest absolute Gasteiger partial charge is 0.385 e. The van der Waals surface area contributed by atoms with Crippen LogP contribution in [0.15, 0.2) is 0 Å². The summed E-state index contributed by atoms with van der Waals surface area (Å²) in [5, 5.41) is 9.24. The van der Waals surface area contributed by atoms with E-state index in [1.54, 1.807) is 6.92 Å². The van der Waals surface area contributed by atoms with E-state index in [9.17, 15) is 14.7 Å². The molecule has 0 radical (unpaired) electrons. The number of carbonyl (C=O) groups excluding carboxylic acids is 2. The van der Waals surface area contributed by atoms with E-state index in [2.05, 4.69) is 0 Å². The van der Waals surface area contributed by atoms with Crippen molar-refractivity contribution in [3.8, 4) is 0 Å². The molecule has 0 rings (SSSR count). The van der Waals surface area contributed by atoms with Gasteiger partial charge in [-0.2, -0.15) is 0 Å². The van der Waals surface area contributed by atoms with Crippen LogP contribution >= 0.6 is 0 Å². The number of Topliss-reactive ketones (excluding diaryl/α,β-unsaturated/α-hetero) is 2. The summed E-state index contributed by atoms with van der Waals surface area (Å²) >= 11 is 0. The first-order chi connectivity index (χ1) is 6.11. The summed E-state index contributed by atoms with van der Waals surface area (Å²) in [6.07, 6.45) is 1.54. The van der Waals surface area contributed by atoms with Crippen LogP contribution in [-0.4, -0.2) is 22.8 Å². The van der Waals surface area contributed by atoms with E-state index in [0.717, 1.165) is 0 Å². The summed E-state index contributed by atoms with van der Waals surface area (Å²) in [6.45, 7) is 3.54. The van der Waals surface area contributed by atoms with Gasteiger partial charge in [-0.3, -0.25) is 9.59 Å². The quantitative estimate of drug-likeness (QED) is 0.655. The van der Waals surface area contributed by atoms with E-state index in [1.807, 2.05) is 6.92 Å². The molecule has 1 atom stereocenters. The average Bonchev–Trinajstić information content (AvgIpc) is 2.15. The zero-order valence-corrected chi connectivity index (χ0v) is 8.38. The van der Waals surface area contributed by atoms with E-state index >= 15 is 0 Å². The Bertz CT molecular complexity index is 175. The molecule has 3 nitrogen and oxygen atoms in total. The molecule has 1 unspecified atom stereocenters. The van der Waals surface area contributed by atoms with Crippen LogP contribution in [0.3, 0.4) is 0 Å². The molecule has 0 aliphatic rings. The topological polar surface area (TPSA) is 54.4 Å². The first-order valence-electron chi connectivity index (χ1n) is 4.84. The third-order valence-corrected chi connectivity index (χ3v) is 2.05. The first-order valence-corrected chi connectivity index (χ1v) is 4.84. The van der Waals surface area contributed by atoms with Gasteiger partial charge in [-0.05, 0) is 12.8 Å². The van der Waals surface area contributed by atoms with Crippen LogP contribution in [0.4, 0.5) is 0 Å². The van der Waals surface area contributed by atoms with Crippen molar-refractivity contribution in [2.24, 2.45) is 0 Å². The third-order valence-electron chi connectivity index (χ3n) is 2.05. The van der Waals surface area contributed by atoms with Crippen LogP contribution in [0, 0.1) is 0 Å². The molecule has 0 aromatic carbocycles. The van der Waals surface area contributed by atoms with Crippen LogP contribution in [0.25, 0.3) is 0 Å². The Morgan fingerprint density at radius 1 is 1.23 bits per heavy atom. The second kappa shape index (κ2) is 6.78. The molecular weight excluding hydrogens is 168 g/mol. The van der Waals surface area contributed by atoms with Crippen molar-refractivity contribution < 1.29 is 14.7 Å². The Hall–Kier alpha value is -0.700. The Morgan fingerprint density at radius 2 is 1.85 bits per heavy atom. The van der Waals surface area contributed by atoms with E-state index in [0.29, 0.717) is 32.1 Å². The molecule has 0 aliphatic heterocycles. The van der Waals surface area contributed by atoms with Crippen LogP contribution in [0.1, 0.15) is 46.0 Å². The molecule has 0 aromatic heterocycles. The fourth-order valence-corrected chi connectivity index (χ4v) is 1.07. The van der Waals surface area contributed by atoms with Gasteiger partial charge in [-0.1, -0.05) is 13.8 Å². The maximum absolute atomic E-state index is 10.9. The fraction of sp³-hybridized carbons (Fsp3) is 0.800. The third kappa shape index (κ3) is 5.53. The van der Waals surface area contributed by atoms with Crippen molar-refractivity contribution in [1.29, 1.82) is 0 Å². The molecule has 76 valence electrons. The summed E-state index contributed by atoms with van der Waals surface area (Å²) < 4.78 is 0. The van der Waals surface area contributed by atoms with Gasteiger partial charge in [0.05, 0.1) is 0 Å². The van der Waals surface area contributed by atoms with Gasteiger partial charge in [0, 0.05) is 19.3 Å². The molecule has 0 fully saturated rings. The van der Waals surface area contributed by atoms with Crippen molar-refractivity contribution in [1.82, 2.24) is 0 Å². The summed E-state index contributed by atoms with van der Waals surface area (Å²) in [7, 11) is 0. The Morgan fingerprint density at radius 3 is 2.31 bits per heavy atom. The normalized spacial score (nSPS) is 12.5. The molecular formula is C10H18O3. The van der Waals surface area contributed by atoms with E-state index in [-0.39, 0.29) is 11.6 Å². The second-order valence-electron chi connectivity index (χ2n) is 3.12. The monoisotopic (exact) mass is 186 g/mol. The molecule has 0 aromatic rings. The standard InChI is InChI=1S/C10H18O3/c1-3-8(11)6-5-7-10(13)9(12)4-2/h10,13H,3-7H2,1-2H3. The predicted octanol–water partition coefficient (Wildman–Crippen LogP) is 1.48.